The Balaban J connectivity index is 2.53. The summed E-state index contributed by atoms with van der Waals surface area (Å²) in [5.74, 6) is 0.690. The number of hydrogen-bond donors (Lipinski definition) is 0. The fourth-order valence-electron chi connectivity index (χ4n) is 1.52. The van der Waals surface area contributed by atoms with Gasteiger partial charge < -0.3 is 4.74 Å². The molecule has 0 heterocycles. The van der Waals surface area contributed by atoms with Crippen molar-refractivity contribution in [2.24, 2.45) is 0 Å². The second-order valence-electron chi connectivity index (χ2n) is 3.33. The molecule has 0 N–H and O–H groups in total. The van der Waals surface area contributed by atoms with Gasteiger partial charge in [0.05, 0.1) is 12.1 Å². The van der Waals surface area contributed by atoms with Gasteiger partial charge in [-0.1, -0.05) is 51.8 Å². The van der Waals surface area contributed by atoms with Crippen LogP contribution in [0.4, 0.5) is 0 Å². The Morgan fingerprint density at radius 2 is 1.88 bits per heavy atom. The summed E-state index contributed by atoms with van der Waals surface area (Å²) >= 11 is 9.51. The summed E-state index contributed by atoms with van der Waals surface area (Å²) < 4.78 is 6.25. The average Bonchev–Trinajstić information content (AvgIpc) is 2.31. The van der Waals surface area contributed by atoms with Crippen molar-refractivity contribution in [3.05, 3.63) is 52.0 Å². The van der Waals surface area contributed by atoms with Gasteiger partial charge in [-0.15, -0.1) is 0 Å². The van der Waals surface area contributed by atoms with E-state index >= 15 is 0 Å². The lowest BCUT2D eigenvalue weighted by molar-refractivity contribution is 0.415. The third kappa shape index (κ3) is 2.23. The van der Waals surface area contributed by atoms with Crippen LogP contribution in [0.3, 0.4) is 0 Å². The van der Waals surface area contributed by atoms with E-state index in [-0.39, 0.29) is 0 Å². The molecule has 0 fully saturated rings. The van der Waals surface area contributed by atoms with E-state index in [2.05, 4.69) is 15.9 Å². The molecule has 0 aromatic heterocycles. The first kappa shape index (κ1) is 11.5. The third-order valence-electron chi connectivity index (χ3n) is 2.34. The van der Waals surface area contributed by atoms with Crippen molar-refractivity contribution in [3.63, 3.8) is 0 Å². The van der Waals surface area contributed by atoms with E-state index in [1.165, 1.54) is 0 Å². The molecule has 0 spiro atoms. The monoisotopic (exact) mass is 296 g/mol. The van der Waals surface area contributed by atoms with Gasteiger partial charge in [-0.25, -0.2) is 0 Å². The van der Waals surface area contributed by atoms with Crippen LogP contribution in [0, 0.1) is 0 Å². The van der Waals surface area contributed by atoms with Crippen molar-refractivity contribution in [2.45, 2.75) is 0 Å². The molecule has 2 aromatic rings. The van der Waals surface area contributed by atoms with Crippen molar-refractivity contribution < 1.29 is 4.74 Å². The highest BCUT2D eigenvalue weighted by Crippen LogP contribution is 2.33. The predicted molar refractivity (Wildman–Crippen MR) is 71.1 cm³/mol. The number of benzene rings is 2. The molecule has 0 saturated heterocycles. The number of methoxy groups -OCH3 is 1. The van der Waals surface area contributed by atoms with E-state index in [0.29, 0.717) is 10.8 Å². The van der Waals surface area contributed by atoms with E-state index in [4.69, 9.17) is 16.3 Å². The van der Waals surface area contributed by atoms with Crippen molar-refractivity contribution in [1.29, 1.82) is 0 Å². The van der Waals surface area contributed by atoms with Crippen molar-refractivity contribution in [3.8, 4) is 16.9 Å². The molecule has 0 amide bonds. The maximum atomic E-state index is 5.99. The van der Waals surface area contributed by atoms with Crippen LogP contribution < -0.4 is 4.74 Å². The molecule has 16 heavy (non-hydrogen) atoms. The Morgan fingerprint density at radius 1 is 1.12 bits per heavy atom. The molecule has 0 radical (unpaired) electrons. The normalized spacial score (nSPS) is 10.2. The van der Waals surface area contributed by atoms with E-state index in [9.17, 15) is 0 Å². The highest BCUT2D eigenvalue weighted by Gasteiger charge is 2.06. The second kappa shape index (κ2) is 4.89. The zero-order valence-corrected chi connectivity index (χ0v) is 11.0. The molecule has 1 nitrogen and oxygen atoms in total. The van der Waals surface area contributed by atoms with Crippen molar-refractivity contribution >= 4 is 27.5 Å². The molecule has 0 unspecified atom stereocenters. The maximum Gasteiger partial charge on any atom is 0.138 e. The first-order valence-corrected chi connectivity index (χ1v) is 5.98. The topological polar surface area (TPSA) is 9.23 Å². The quantitative estimate of drug-likeness (QED) is 0.775. The van der Waals surface area contributed by atoms with Crippen LogP contribution in [-0.2, 0) is 0 Å². The Kier molecular flexibility index (Phi) is 3.52. The van der Waals surface area contributed by atoms with Crippen LogP contribution in [0.25, 0.3) is 11.1 Å². The van der Waals surface area contributed by atoms with Gasteiger partial charge in [-0.2, -0.15) is 0 Å². The minimum Gasteiger partial charge on any atom is -0.495 e. The summed E-state index contributed by atoms with van der Waals surface area (Å²) in [6, 6.07) is 13.8. The van der Waals surface area contributed by atoms with E-state index < -0.39 is 0 Å². The maximum absolute atomic E-state index is 5.99. The van der Waals surface area contributed by atoms with Crippen molar-refractivity contribution in [2.75, 3.05) is 7.11 Å². The molecular formula is C13H10BrClO. The average molecular weight is 298 g/mol. The fourth-order valence-corrected chi connectivity index (χ4v) is 2.23. The van der Waals surface area contributed by atoms with Gasteiger partial charge in [-0.05, 0) is 29.3 Å². The van der Waals surface area contributed by atoms with Crippen LogP contribution in [0.1, 0.15) is 0 Å². The minimum atomic E-state index is 0.623. The van der Waals surface area contributed by atoms with Gasteiger partial charge >= 0.3 is 0 Å². The number of rotatable bonds is 2. The Labute approximate surface area is 108 Å². The fraction of sp³-hybridized carbons (Fsp3) is 0.0769. The largest absolute Gasteiger partial charge is 0.495 e. The minimum absolute atomic E-state index is 0.623. The molecular weight excluding hydrogens is 287 g/mol. The van der Waals surface area contributed by atoms with Gasteiger partial charge in [0.1, 0.15) is 5.75 Å². The standard InChI is InChI=1S/C13H10BrClO/c1-16-13-8-9(6-7-12(13)15)10-4-2-3-5-11(10)14/h2-8H,1H3. The Bertz CT molecular complexity index is 511. The van der Waals surface area contributed by atoms with E-state index in [1.54, 1.807) is 7.11 Å². The molecule has 3 heteroatoms. The summed E-state index contributed by atoms with van der Waals surface area (Å²) in [4.78, 5) is 0. The number of ether oxygens (including phenoxy) is 1. The molecule has 82 valence electrons. The van der Waals surface area contributed by atoms with Crippen LogP contribution in [0.5, 0.6) is 5.75 Å². The molecule has 0 aliphatic carbocycles. The van der Waals surface area contributed by atoms with Gasteiger partial charge in [0, 0.05) is 4.47 Å². The molecule has 0 atom stereocenters. The SMILES string of the molecule is COc1cc(-c2ccccc2Br)ccc1Cl. The number of hydrogen-bond acceptors (Lipinski definition) is 1. The highest BCUT2D eigenvalue weighted by atomic mass is 79.9. The van der Waals surface area contributed by atoms with Gasteiger partial charge in [0.25, 0.3) is 0 Å². The summed E-state index contributed by atoms with van der Waals surface area (Å²) in [6.07, 6.45) is 0. The van der Waals surface area contributed by atoms with Crippen LogP contribution >= 0.6 is 27.5 Å². The molecule has 0 saturated carbocycles. The summed E-state index contributed by atoms with van der Waals surface area (Å²) in [5.41, 5.74) is 2.20. The highest BCUT2D eigenvalue weighted by molar-refractivity contribution is 9.10. The predicted octanol–water partition coefficient (Wildman–Crippen LogP) is 4.78. The molecule has 0 aliphatic rings. The smallest absolute Gasteiger partial charge is 0.138 e. The molecule has 2 rings (SSSR count). The lowest BCUT2D eigenvalue weighted by Crippen LogP contribution is -1.86. The van der Waals surface area contributed by atoms with Crippen molar-refractivity contribution in [1.82, 2.24) is 0 Å². The summed E-state index contributed by atoms with van der Waals surface area (Å²) in [6.45, 7) is 0. The zero-order valence-electron chi connectivity index (χ0n) is 8.71. The van der Waals surface area contributed by atoms with Gasteiger partial charge in [0.2, 0.25) is 0 Å². The Hall–Kier alpha value is -0.990. The van der Waals surface area contributed by atoms with E-state index in [1.807, 2.05) is 42.5 Å². The molecule has 2 aromatic carbocycles. The van der Waals surface area contributed by atoms with Crippen LogP contribution in [0.15, 0.2) is 46.9 Å². The molecule has 0 aliphatic heterocycles. The first-order chi connectivity index (χ1) is 7.72. The third-order valence-corrected chi connectivity index (χ3v) is 3.34. The lowest BCUT2D eigenvalue weighted by atomic mass is 10.1. The zero-order chi connectivity index (χ0) is 11.5. The van der Waals surface area contributed by atoms with Gasteiger partial charge in [0.15, 0.2) is 0 Å². The second-order valence-corrected chi connectivity index (χ2v) is 4.59. The Morgan fingerprint density at radius 3 is 2.56 bits per heavy atom. The first-order valence-electron chi connectivity index (χ1n) is 4.81. The summed E-state index contributed by atoms with van der Waals surface area (Å²) in [5, 5.41) is 0.623. The molecule has 0 bridgehead atoms. The van der Waals surface area contributed by atoms with Crippen LogP contribution in [-0.4, -0.2) is 7.11 Å². The van der Waals surface area contributed by atoms with Crippen LogP contribution in [0.2, 0.25) is 5.02 Å². The summed E-state index contributed by atoms with van der Waals surface area (Å²) in [7, 11) is 1.62. The number of halogens is 2. The van der Waals surface area contributed by atoms with Gasteiger partial charge in [-0.3, -0.25) is 0 Å². The lowest BCUT2D eigenvalue weighted by Gasteiger charge is -2.08. The van der Waals surface area contributed by atoms with E-state index in [0.717, 1.165) is 15.6 Å².